The van der Waals surface area contributed by atoms with E-state index in [0.717, 1.165) is 45.4 Å². The molecule has 10 heteroatoms. The van der Waals surface area contributed by atoms with Gasteiger partial charge in [-0.2, -0.15) is 13.2 Å². The molecule has 0 radical (unpaired) electrons. The van der Waals surface area contributed by atoms with Crippen LogP contribution < -0.4 is 5.32 Å². The summed E-state index contributed by atoms with van der Waals surface area (Å²) < 4.78 is 44.4. The number of nitrogens with zero attached hydrogens (tertiary/aromatic N) is 1. The minimum absolute atomic E-state index is 0.106. The highest BCUT2D eigenvalue weighted by Gasteiger charge is 2.63. The fourth-order valence-corrected chi connectivity index (χ4v) is 6.96. The van der Waals surface area contributed by atoms with Crippen molar-refractivity contribution >= 4 is 29.4 Å². The van der Waals surface area contributed by atoms with E-state index in [4.69, 9.17) is 4.74 Å². The summed E-state index contributed by atoms with van der Waals surface area (Å²) in [6.07, 6.45) is -4.47. The van der Waals surface area contributed by atoms with Crippen molar-refractivity contribution in [2.24, 2.45) is 17.8 Å². The number of nitrogens with one attached hydrogen (secondary N) is 1. The Bertz CT molecular complexity index is 1520. The first-order valence-electron chi connectivity index (χ1n) is 14.2. The molecule has 0 aromatic heterocycles. The van der Waals surface area contributed by atoms with Crippen LogP contribution in [0.5, 0.6) is 0 Å². The average Bonchev–Trinajstić information content (AvgIpc) is 3.24. The Morgan fingerprint density at radius 3 is 1.81 bits per heavy atom. The Morgan fingerprint density at radius 2 is 1.35 bits per heavy atom. The number of anilines is 1. The highest BCUT2D eigenvalue weighted by atomic mass is 19.4. The smallest absolute Gasteiger partial charge is 0.416 e. The van der Waals surface area contributed by atoms with E-state index in [-0.39, 0.29) is 29.9 Å². The van der Waals surface area contributed by atoms with Gasteiger partial charge in [-0.1, -0.05) is 68.4 Å². The molecule has 1 aliphatic heterocycles. The molecule has 1 saturated heterocycles. The van der Waals surface area contributed by atoms with Crippen molar-refractivity contribution in [3.63, 3.8) is 0 Å². The normalized spacial score (nSPS) is 22.6. The molecular formula is C33H29F3N2O5. The number of benzene rings is 3. The SMILES string of the molecule is CC(C)C[C@H](C(=O)OCC(=O)Nc1cccc(C(F)(F)F)c1)N1C(=O)[C@H]2C3c4ccccc4C(c4ccccc43)[C@@H]2C1=O. The quantitative estimate of drug-likeness (QED) is 0.290. The summed E-state index contributed by atoms with van der Waals surface area (Å²) in [6.45, 7) is 2.89. The molecule has 3 amide bonds. The van der Waals surface area contributed by atoms with Crippen molar-refractivity contribution in [1.82, 2.24) is 4.90 Å². The van der Waals surface area contributed by atoms with E-state index in [1.807, 2.05) is 62.4 Å². The summed E-state index contributed by atoms with van der Waals surface area (Å²) in [4.78, 5) is 55.2. The Kier molecular flexibility index (Phi) is 7.10. The molecule has 222 valence electrons. The summed E-state index contributed by atoms with van der Waals surface area (Å²) >= 11 is 0. The minimum Gasteiger partial charge on any atom is -0.454 e. The van der Waals surface area contributed by atoms with Gasteiger partial charge in [-0.3, -0.25) is 19.3 Å². The lowest BCUT2D eigenvalue weighted by molar-refractivity contribution is -0.160. The number of rotatable bonds is 7. The van der Waals surface area contributed by atoms with Crippen LogP contribution in [0.15, 0.2) is 72.8 Å². The van der Waals surface area contributed by atoms with Gasteiger partial charge in [-0.15, -0.1) is 0 Å². The zero-order chi connectivity index (χ0) is 30.6. The number of ether oxygens (including phenoxy) is 1. The Labute approximate surface area is 246 Å². The summed E-state index contributed by atoms with van der Waals surface area (Å²) in [7, 11) is 0. The van der Waals surface area contributed by atoms with Crippen molar-refractivity contribution in [3.8, 4) is 0 Å². The fourth-order valence-electron chi connectivity index (χ4n) is 6.96. The molecular weight excluding hydrogens is 561 g/mol. The van der Waals surface area contributed by atoms with Gasteiger partial charge in [-0.05, 0) is 52.8 Å². The van der Waals surface area contributed by atoms with Crippen LogP contribution in [-0.4, -0.2) is 41.2 Å². The van der Waals surface area contributed by atoms with Crippen LogP contribution in [0.1, 0.15) is 59.9 Å². The van der Waals surface area contributed by atoms with E-state index in [2.05, 4.69) is 5.32 Å². The molecule has 0 unspecified atom stereocenters. The number of halogens is 3. The maximum Gasteiger partial charge on any atom is 0.416 e. The van der Waals surface area contributed by atoms with Gasteiger partial charge in [0, 0.05) is 17.5 Å². The minimum atomic E-state index is -4.59. The van der Waals surface area contributed by atoms with Gasteiger partial charge in [0.15, 0.2) is 6.61 Å². The second kappa shape index (κ2) is 10.7. The second-order valence-corrected chi connectivity index (χ2v) is 11.7. The Morgan fingerprint density at radius 1 is 0.837 bits per heavy atom. The van der Waals surface area contributed by atoms with Crippen molar-refractivity contribution < 1.29 is 37.1 Å². The van der Waals surface area contributed by atoms with Crippen LogP contribution in [-0.2, 0) is 30.1 Å². The van der Waals surface area contributed by atoms with Crippen molar-refractivity contribution in [2.45, 2.75) is 44.3 Å². The van der Waals surface area contributed by atoms with Crippen LogP contribution in [0, 0.1) is 17.8 Å². The summed E-state index contributed by atoms with van der Waals surface area (Å²) in [5.41, 5.74) is 2.96. The molecule has 3 aromatic rings. The van der Waals surface area contributed by atoms with Crippen molar-refractivity contribution in [1.29, 1.82) is 0 Å². The van der Waals surface area contributed by atoms with Gasteiger partial charge >= 0.3 is 12.1 Å². The fraction of sp³-hybridized carbons (Fsp3) is 0.333. The molecule has 2 bridgehead atoms. The third-order valence-electron chi connectivity index (χ3n) is 8.58. The van der Waals surface area contributed by atoms with E-state index in [1.165, 1.54) is 6.07 Å². The van der Waals surface area contributed by atoms with Gasteiger partial charge in [-0.25, -0.2) is 4.79 Å². The number of carbonyl (C=O) groups is 4. The zero-order valence-electron chi connectivity index (χ0n) is 23.4. The van der Waals surface area contributed by atoms with Crippen LogP contribution >= 0.6 is 0 Å². The summed E-state index contributed by atoms with van der Waals surface area (Å²) in [6, 6.07) is 18.4. The number of alkyl halides is 3. The topological polar surface area (TPSA) is 92.8 Å². The van der Waals surface area contributed by atoms with E-state index < -0.39 is 59.9 Å². The zero-order valence-corrected chi connectivity index (χ0v) is 23.4. The van der Waals surface area contributed by atoms with Crippen LogP contribution in [0.25, 0.3) is 0 Å². The predicted molar refractivity (Wildman–Crippen MR) is 150 cm³/mol. The first-order valence-corrected chi connectivity index (χ1v) is 14.2. The molecule has 1 heterocycles. The predicted octanol–water partition coefficient (Wildman–Crippen LogP) is 5.49. The highest BCUT2D eigenvalue weighted by molar-refractivity contribution is 6.10. The number of likely N-dealkylation sites (tertiary alicyclic amines) is 1. The number of hydrogen-bond donors (Lipinski definition) is 1. The number of hydrogen-bond acceptors (Lipinski definition) is 5. The molecule has 1 N–H and O–H groups in total. The maximum atomic E-state index is 14.1. The van der Waals surface area contributed by atoms with Gasteiger partial charge in [0.25, 0.3) is 5.91 Å². The van der Waals surface area contributed by atoms with E-state index in [0.29, 0.717) is 0 Å². The number of imide groups is 1. The molecule has 0 spiro atoms. The van der Waals surface area contributed by atoms with Crippen LogP contribution in [0.2, 0.25) is 0 Å². The average molecular weight is 591 g/mol. The molecule has 4 aliphatic rings. The Balaban J connectivity index is 1.24. The van der Waals surface area contributed by atoms with Gasteiger partial charge in [0.2, 0.25) is 11.8 Å². The van der Waals surface area contributed by atoms with Gasteiger partial charge in [0.1, 0.15) is 6.04 Å². The lowest BCUT2D eigenvalue weighted by atomic mass is 9.55. The number of carbonyl (C=O) groups excluding carboxylic acids is 4. The van der Waals surface area contributed by atoms with Crippen molar-refractivity contribution in [2.75, 3.05) is 11.9 Å². The first kappa shape index (κ1) is 28.6. The molecule has 1 fully saturated rings. The molecule has 7 nitrogen and oxygen atoms in total. The van der Waals surface area contributed by atoms with Crippen LogP contribution in [0.4, 0.5) is 18.9 Å². The Hall–Kier alpha value is -4.47. The first-order chi connectivity index (χ1) is 20.5. The largest absolute Gasteiger partial charge is 0.454 e. The molecule has 7 rings (SSSR count). The number of esters is 1. The van der Waals surface area contributed by atoms with E-state index >= 15 is 0 Å². The lowest BCUT2D eigenvalue weighted by Crippen LogP contribution is -2.47. The number of amides is 3. The summed E-state index contributed by atoms with van der Waals surface area (Å²) in [5.74, 6) is -4.78. The standard InChI is InChI=1S/C33H29F3N2O5/c1-17(2)14-24(32(42)43-16-25(39)37-19-9-7-8-18(15-19)33(34,35)36)38-30(40)28-26-20-10-3-4-11-21(20)27(29(28)31(38)41)23-13-6-5-12-22(23)26/h3-13,15,17,24,26-29H,14,16H2,1-2H3,(H,37,39)/t24-,26?,27?,28+,29+/m1/s1. The van der Waals surface area contributed by atoms with Gasteiger partial charge in [0.05, 0.1) is 17.4 Å². The molecule has 3 atom stereocenters. The maximum absolute atomic E-state index is 14.1. The summed E-state index contributed by atoms with van der Waals surface area (Å²) in [5, 5.41) is 2.29. The molecule has 0 saturated carbocycles. The molecule has 43 heavy (non-hydrogen) atoms. The third kappa shape index (κ3) is 4.88. The molecule has 3 aromatic carbocycles. The van der Waals surface area contributed by atoms with E-state index in [9.17, 15) is 32.3 Å². The second-order valence-electron chi connectivity index (χ2n) is 11.7. The lowest BCUT2D eigenvalue weighted by Gasteiger charge is -2.45. The monoisotopic (exact) mass is 590 g/mol. The van der Waals surface area contributed by atoms with E-state index in [1.54, 1.807) is 0 Å². The van der Waals surface area contributed by atoms with Crippen molar-refractivity contribution in [3.05, 3.63) is 101 Å². The van der Waals surface area contributed by atoms with Gasteiger partial charge < -0.3 is 10.1 Å². The highest BCUT2D eigenvalue weighted by Crippen LogP contribution is 2.61. The van der Waals surface area contributed by atoms with Crippen LogP contribution in [0.3, 0.4) is 0 Å². The molecule has 3 aliphatic carbocycles. The third-order valence-corrected chi connectivity index (χ3v) is 8.58.